The molecule has 2 aromatic carbocycles. The lowest BCUT2D eigenvalue weighted by Crippen LogP contribution is -2.33. The Labute approximate surface area is 246 Å². The number of anilines is 1. The number of aromatic nitrogens is 2. The van der Waals surface area contributed by atoms with E-state index >= 15 is 0 Å². The molecule has 42 heavy (non-hydrogen) atoms. The van der Waals surface area contributed by atoms with Gasteiger partial charge in [-0.1, -0.05) is 44.2 Å². The van der Waals surface area contributed by atoms with E-state index in [-0.39, 0.29) is 18.6 Å². The summed E-state index contributed by atoms with van der Waals surface area (Å²) >= 11 is 0. The Morgan fingerprint density at radius 3 is 2.62 bits per heavy atom. The van der Waals surface area contributed by atoms with Crippen molar-refractivity contribution in [3.05, 3.63) is 84.7 Å². The number of nitriles is 1. The van der Waals surface area contributed by atoms with Crippen molar-refractivity contribution >= 4 is 28.6 Å². The molecule has 4 aromatic rings. The maximum absolute atomic E-state index is 12.5. The van der Waals surface area contributed by atoms with Crippen molar-refractivity contribution in [3.8, 4) is 28.3 Å². The Kier molecular flexibility index (Phi) is 9.86. The van der Waals surface area contributed by atoms with Crippen LogP contribution in [-0.4, -0.2) is 53.0 Å². The normalized spacial score (nSPS) is 12.1. The number of benzene rings is 2. The number of amides is 1. The van der Waals surface area contributed by atoms with Gasteiger partial charge in [-0.3, -0.25) is 14.2 Å². The number of fused-ring (bicyclic) bond motifs is 1. The number of hydrogen-bond donors (Lipinski definition) is 2. The van der Waals surface area contributed by atoms with Crippen LogP contribution in [-0.2, 0) is 21.1 Å². The molecule has 2 aromatic heterocycles. The van der Waals surface area contributed by atoms with Crippen LogP contribution in [0.1, 0.15) is 25.8 Å². The van der Waals surface area contributed by atoms with Crippen LogP contribution in [0, 0.1) is 17.2 Å². The van der Waals surface area contributed by atoms with Gasteiger partial charge < -0.3 is 20.7 Å². The molecule has 0 radical (unpaired) electrons. The molecule has 0 saturated heterocycles. The minimum atomic E-state index is -0.700. The van der Waals surface area contributed by atoms with Crippen LogP contribution in [0.4, 0.5) is 5.69 Å². The molecule has 4 rings (SSSR count). The first-order valence-corrected chi connectivity index (χ1v) is 13.8. The van der Waals surface area contributed by atoms with Gasteiger partial charge in [-0.05, 0) is 67.9 Å². The van der Waals surface area contributed by atoms with Gasteiger partial charge in [0.25, 0.3) is 0 Å². The molecule has 0 bridgehead atoms. The predicted molar refractivity (Wildman–Crippen MR) is 165 cm³/mol. The number of carbonyl (C=O) groups is 2. The highest BCUT2D eigenvalue weighted by atomic mass is 16.5. The molecule has 0 aliphatic rings. The van der Waals surface area contributed by atoms with Crippen molar-refractivity contribution in [1.82, 2.24) is 14.5 Å². The Morgan fingerprint density at radius 2 is 1.88 bits per heavy atom. The quantitative estimate of drug-likeness (QED) is 0.190. The molecule has 216 valence electrons. The average molecular weight is 565 g/mol. The predicted octanol–water partition coefficient (Wildman–Crippen LogP) is 5.17. The number of carbonyl (C=O) groups excluding carboxylic acids is 2. The Balaban J connectivity index is 1.68. The summed E-state index contributed by atoms with van der Waals surface area (Å²) in [6.45, 7) is 4.63. The maximum atomic E-state index is 12.5. The second kappa shape index (κ2) is 13.7. The zero-order valence-electron chi connectivity index (χ0n) is 24.4. The third-order valence-electron chi connectivity index (χ3n) is 6.59. The Morgan fingerprint density at radius 1 is 1.12 bits per heavy atom. The summed E-state index contributed by atoms with van der Waals surface area (Å²) in [6.07, 6.45) is 7.48. The number of nitrogens with one attached hydrogen (secondary N) is 1. The highest BCUT2D eigenvalue weighted by Crippen LogP contribution is 2.34. The molecule has 0 aliphatic carbocycles. The minimum absolute atomic E-state index is 0.0473. The zero-order valence-corrected chi connectivity index (χ0v) is 24.4. The van der Waals surface area contributed by atoms with Crippen molar-refractivity contribution in [2.24, 2.45) is 11.7 Å². The van der Waals surface area contributed by atoms with E-state index < -0.39 is 12.0 Å². The molecule has 0 saturated carbocycles. The molecule has 0 fully saturated rings. The highest BCUT2D eigenvalue weighted by molar-refractivity contribution is 6.00. The number of hydrogen-bond acceptors (Lipinski definition) is 7. The number of likely N-dealkylation sites (N-methyl/N-ethyl adjacent to an activating group) is 1. The molecular weight excluding hydrogens is 528 g/mol. The second-order valence-corrected chi connectivity index (χ2v) is 10.9. The highest BCUT2D eigenvalue weighted by Gasteiger charge is 2.19. The average Bonchev–Trinajstić information content (AvgIpc) is 3.33. The van der Waals surface area contributed by atoms with Crippen molar-refractivity contribution < 1.29 is 14.3 Å². The number of esters is 1. The fourth-order valence-electron chi connectivity index (χ4n) is 4.59. The molecule has 3 N–H and O–H groups in total. The first-order chi connectivity index (χ1) is 20.1. The van der Waals surface area contributed by atoms with E-state index in [4.69, 9.17) is 15.5 Å². The second-order valence-electron chi connectivity index (χ2n) is 10.9. The molecular formula is C33H36N6O3. The zero-order chi connectivity index (χ0) is 30.2. The summed E-state index contributed by atoms with van der Waals surface area (Å²) in [4.78, 5) is 31.6. The van der Waals surface area contributed by atoms with E-state index in [1.54, 1.807) is 22.9 Å². The van der Waals surface area contributed by atoms with Crippen LogP contribution in [0.5, 0.6) is 0 Å². The summed E-state index contributed by atoms with van der Waals surface area (Å²) in [5, 5.41) is 13.2. The van der Waals surface area contributed by atoms with Gasteiger partial charge in [0.1, 0.15) is 11.7 Å². The first kappa shape index (κ1) is 30.2. The van der Waals surface area contributed by atoms with Crippen LogP contribution in [0.2, 0.25) is 0 Å². The number of pyridine rings is 1. The summed E-state index contributed by atoms with van der Waals surface area (Å²) in [6, 6.07) is 18.4. The molecule has 1 atom stereocenters. The van der Waals surface area contributed by atoms with Crippen LogP contribution < -0.4 is 11.1 Å². The van der Waals surface area contributed by atoms with E-state index in [1.165, 1.54) is 6.08 Å². The number of ether oxygens (including phenoxy) is 1. The van der Waals surface area contributed by atoms with Crippen LogP contribution in [0.25, 0.3) is 33.3 Å². The Bertz CT molecular complexity index is 1650. The molecule has 9 nitrogen and oxygen atoms in total. The summed E-state index contributed by atoms with van der Waals surface area (Å²) in [7, 11) is 3.87. The van der Waals surface area contributed by atoms with E-state index in [9.17, 15) is 14.9 Å². The van der Waals surface area contributed by atoms with Crippen molar-refractivity contribution in [3.63, 3.8) is 0 Å². The fraction of sp³-hybridized carbons (Fsp3) is 0.273. The largest absolute Gasteiger partial charge is 0.443 e. The van der Waals surface area contributed by atoms with E-state index in [0.29, 0.717) is 29.9 Å². The van der Waals surface area contributed by atoms with Crippen molar-refractivity contribution in [2.75, 3.05) is 26.0 Å². The van der Waals surface area contributed by atoms with Gasteiger partial charge in [-0.15, -0.1) is 0 Å². The van der Waals surface area contributed by atoms with Gasteiger partial charge in [0, 0.05) is 47.2 Å². The van der Waals surface area contributed by atoms with Crippen LogP contribution >= 0.6 is 0 Å². The van der Waals surface area contributed by atoms with Gasteiger partial charge in [0.2, 0.25) is 5.91 Å². The van der Waals surface area contributed by atoms with E-state index in [0.717, 1.165) is 27.6 Å². The molecule has 0 spiro atoms. The molecule has 0 unspecified atom stereocenters. The smallest absolute Gasteiger partial charge is 0.324 e. The van der Waals surface area contributed by atoms with Gasteiger partial charge in [-0.25, -0.2) is 4.98 Å². The van der Waals surface area contributed by atoms with Crippen LogP contribution in [0.3, 0.4) is 0 Å². The maximum Gasteiger partial charge on any atom is 0.324 e. The summed E-state index contributed by atoms with van der Waals surface area (Å²) < 4.78 is 7.33. The standard InChI is InChI=1S/C33H36N6O3/c1-22(2)14-30(35)33(41)42-21-39-20-29(25-10-5-8-23(15-25)18-34)28-17-26(19-36-32(28)39)24-9-6-11-27(16-24)37-31(40)12-7-13-38(3)4/h5-12,15-17,19-20,22,30H,13-14,21,35H2,1-4H3,(H,37,40)/b12-7+/t30-/m0/s1. The third kappa shape index (κ3) is 7.69. The van der Waals surface area contributed by atoms with Gasteiger partial charge in [0.15, 0.2) is 6.73 Å². The lowest BCUT2D eigenvalue weighted by Gasteiger charge is -2.14. The first-order valence-electron chi connectivity index (χ1n) is 13.8. The van der Waals surface area contributed by atoms with Crippen molar-refractivity contribution in [1.29, 1.82) is 5.26 Å². The van der Waals surface area contributed by atoms with E-state index in [2.05, 4.69) is 11.4 Å². The number of nitrogens with two attached hydrogens (primary N) is 1. The topological polar surface area (TPSA) is 126 Å². The Hall–Kier alpha value is -4.78. The third-order valence-corrected chi connectivity index (χ3v) is 6.59. The SMILES string of the molecule is CC(C)C[C@H](N)C(=O)OCn1cc(-c2cccc(C#N)c2)c2cc(-c3cccc(NC(=O)/C=C/CN(C)C)c3)cnc21. The van der Waals surface area contributed by atoms with E-state index in [1.807, 2.05) is 87.6 Å². The number of rotatable bonds is 11. The molecule has 0 aliphatic heterocycles. The molecule has 9 heteroatoms. The van der Waals surface area contributed by atoms with Gasteiger partial charge in [0.05, 0.1) is 11.6 Å². The van der Waals surface area contributed by atoms with Gasteiger partial charge in [-0.2, -0.15) is 5.26 Å². The lowest BCUT2D eigenvalue weighted by molar-refractivity contribution is -0.149. The lowest BCUT2D eigenvalue weighted by atomic mass is 10.0. The number of nitrogens with zero attached hydrogens (tertiary/aromatic N) is 4. The minimum Gasteiger partial charge on any atom is -0.443 e. The fourth-order valence-corrected chi connectivity index (χ4v) is 4.59. The molecule has 2 heterocycles. The van der Waals surface area contributed by atoms with Gasteiger partial charge >= 0.3 is 5.97 Å². The summed E-state index contributed by atoms with van der Waals surface area (Å²) in [5.41, 5.74) is 11.2. The molecule has 1 amide bonds. The van der Waals surface area contributed by atoms with Crippen LogP contribution in [0.15, 0.2) is 79.1 Å². The summed E-state index contributed by atoms with van der Waals surface area (Å²) in [5.74, 6) is -0.405. The monoisotopic (exact) mass is 564 g/mol. The van der Waals surface area contributed by atoms with Crippen molar-refractivity contribution in [2.45, 2.75) is 33.0 Å².